The predicted molar refractivity (Wildman–Crippen MR) is 104 cm³/mol. The Morgan fingerprint density at radius 1 is 1.30 bits per heavy atom. The number of fused-ring (bicyclic) bond motifs is 1. The number of rotatable bonds is 4. The van der Waals surface area contributed by atoms with E-state index in [2.05, 4.69) is 18.0 Å². The largest absolute Gasteiger partial charge is 0.346 e. The lowest BCUT2D eigenvalue weighted by molar-refractivity contribution is -0.114. The Kier molecular flexibility index (Phi) is 5.37. The monoisotopic (exact) mass is 359 g/mol. The van der Waals surface area contributed by atoms with E-state index in [0.29, 0.717) is 17.7 Å². The van der Waals surface area contributed by atoms with E-state index in [-0.39, 0.29) is 17.9 Å². The number of anilines is 1. The van der Waals surface area contributed by atoms with Crippen LogP contribution in [0.15, 0.2) is 55.1 Å². The molecule has 27 heavy (non-hydrogen) atoms. The van der Waals surface area contributed by atoms with Gasteiger partial charge in [0, 0.05) is 17.8 Å². The lowest BCUT2D eigenvalue weighted by Gasteiger charge is -2.29. The Bertz CT molecular complexity index is 943. The standard InChI is InChI=1S/C22H21N3O2/c1-3-21(26)25-11-5-8-18-13-19(9-10-20(18)25)22(27)24-15(2)17-7-4-6-16(12-17)14-23/h3-4,6-7,9-10,12-13,15H,1,5,8,11H2,2H3,(H,24,27). The molecule has 0 fully saturated rings. The summed E-state index contributed by atoms with van der Waals surface area (Å²) in [5, 5.41) is 12.0. The molecule has 1 N–H and O–H groups in total. The van der Waals surface area contributed by atoms with Crippen molar-refractivity contribution in [3.8, 4) is 6.07 Å². The van der Waals surface area contributed by atoms with Crippen molar-refractivity contribution in [2.75, 3.05) is 11.4 Å². The van der Waals surface area contributed by atoms with Crippen LogP contribution < -0.4 is 10.2 Å². The van der Waals surface area contributed by atoms with E-state index in [1.807, 2.05) is 25.1 Å². The van der Waals surface area contributed by atoms with Crippen molar-refractivity contribution in [3.63, 3.8) is 0 Å². The van der Waals surface area contributed by atoms with Crippen LogP contribution in [0, 0.1) is 11.3 Å². The third-order valence-electron chi connectivity index (χ3n) is 4.76. The number of carbonyl (C=O) groups excluding carboxylic acids is 2. The number of hydrogen-bond acceptors (Lipinski definition) is 3. The third kappa shape index (κ3) is 3.90. The SMILES string of the molecule is C=CC(=O)N1CCCc2cc(C(=O)NC(C)c3cccc(C#N)c3)ccc21. The highest BCUT2D eigenvalue weighted by molar-refractivity contribution is 6.02. The van der Waals surface area contributed by atoms with Crippen LogP contribution >= 0.6 is 0 Å². The number of nitrogens with one attached hydrogen (secondary N) is 1. The smallest absolute Gasteiger partial charge is 0.251 e. The van der Waals surface area contributed by atoms with E-state index in [9.17, 15) is 9.59 Å². The summed E-state index contributed by atoms with van der Waals surface area (Å²) < 4.78 is 0. The summed E-state index contributed by atoms with van der Waals surface area (Å²) in [6.07, 6.45) is 3.00. The van der Waals surface area contributed by atoms with Crippen molar-refractivity contribution in [1.29, 1.82) is 5.26 Å². The van der Waals surface area contributed by atoms with Gasteiger partial charge in [-0.3, -0.25) is 9.59 Å². The van der Waals surface area contributed by atoms with Gasteiger partial charge in [0.05, 0.1) is 17.7 Å². The number of nitrogens with zero attached hydrogens (tertiary/aromatic N) is 2. The van der Waals surface area contributed by atoms with Crippen LogP contribution in [-0.2, 0) is 11.2 Å². The van der Waals surface area contributed by atoms with Gasteiger partial charge in [0.1, 0.15) is 0 Å². The summed E-state index contributed by atoms with van der Waals surface area (Å²) in [5.41, 5.74) is 3.84. The highest BCUT2D eigenvalue weighted by atomic mass is 16.2. The maximum atomic E-state index is 12.7. The first-order valence-corrected chi connectivity index (χ1v) is 8.91. The number of aryl methyl sites for hydroxylation is 1. The van der Waals surface area contributed by atoms with Crippen LogP contribution in [0.4, 0.5) is 5.69 Å². The maximum Gasteiger partial charge on any atom is 0.251 e. The Labute approximate surface area is 158 Å². The first-order valence-electron chi connectivity index (χ1n) is 8.91. The second-order valence-corrected chi connectivity index (χ2v) is 6.57. The molecular formula is C22H21N3O2. The van der Waals surface area contributed by atoms with Crippen molar-refractivity contribution >= 4 is 17.5 Å². The molecule has 1 heterocycles. The first kappa shape index (κ1) is 18.4. The first-order chi connectivity index (χ1) is 13.0. The van der Waals surface area contributed by atoms with Crippen LogP contribution in [0.25, 0.3) is 0 Å². The molecule has 1 atom stereocenters. The second-order valence-electron chi connectivity index (χ2n) is 6.57. The van der Waals surface area contributed by atoms with Crippen molar-refractivity contribution < 1.29 is 9.59 Å². The normalized spacial score (nSPS) is 13.9. The molecule has 0 bridgehead atoms. The summed E-state index contributed by atoms with van der Waals surface area (Å²) in [4.78, 5) is 26.4. The van der Waals surface area contributed by atoms with Gasteiger partial charge >= 0.3 is 0 Å². The molecule has 0 saturated carbocycles. The molecule has 2 aromatic rings. The minimum Gasteiger partial charge on any atom is -0.346 e. The van der Waals surface area contributed by atoms with Gasteiger partial charge in [0.2, 0.25) is 5.91 Å². The van der Waals surface area contributed by atoms with Gasteiger partial charge in [0.25, 0.3) is 5.91 Å². The molecule has 0 radical (unpaired) electrons. The number of hydrogen-bond donors (Lipinski definition) is 1. The lowest BCUT2D eigenvalue weighted by atomic mass is 9.98. The molecule has 0 spiro atoms. The van der Waals surface area contributed by atoms with Crippen molar-refractivity contribution in [3.05, 3.63) is 77.4 Å². The average Bonchev–Trinajstić information content (AvgIpc) is 2.72. The van der Waals surface area contributed by atoms with Crippen LogP contribution in [0.3, 0.4) is 0 Å². The predicted octanol–water partition coefficient (Wildman–Crippen LogP) is 3.51. The number of amides is 2. The molecule has 3 rings (SSSR count). The topological polar surface area (TPSA) is 73.2 Å². The third-order valence-corrected chi connectivity index (χ3v) is 4.76. The van der Waals surface area contributed by atoms with E-state index >= 15 is 0 Å². The van der Waals surface area contributed by atoms with Crippen LogP contribution in [-0.4, -0.2) is 18.4 Å². The molecule has 0 aliphatic carbocycles. The zero-order valence-corrected chi connectivity index (χ0v) is 15.2. The van der Waals surface area contributed by atoms with Gasteiger partial charge in [-0.1, -0.05) is 18.7 Å². The molecule has 1 unspecified atom stereocenters. The number of benzene rings is 2. The van der Waals surface area contributed by atoms with Crippen molar-refractivity contribution in [2.24, 2.45) is 0 Å². The van der Waals surface area contributed by atoms with Gasteiger partial charge in [0.15, 0.2) is 0 Å². The Morgan fingerprint density at radius 3 is 2.85 bits per heavy atom. The fraction of sp³-hybridized carbons (Fsp3) is 0.227. The fourth-order valence-corrected chi connectivity index (χ4v) is 3.32. The van der Waals surface area contributed by atoms with E-state index in [1.54, 1.807) is 29.2 Å². The molecule has 2 amide bonds. The van der Waals surface area contributed by atoms with Crippen LogP contribution in [0.2, 0.25) is 0 Å². The second kappa shape index (κ2) is 7.88. The summed E-state index contributed by atoms with van der Waals surface area (Å²) in [6.45, 7) is 6.10. The molecule has 5 heteroatoms. The fourth-order valence-electron chi connectivity index (χ4n) is 3.32. The summed E-state index contributed by atoms with van der Waals surface area (Å²) in [7, 11) is 0. The quantitative estimate of drug-likeness (QED) is 0.849. The molecular weight excluding hydrogens is 338 g/mol. The molecule has 2 aromatic carbocycles. The summed E-state index contributed by atoms with van der Waals surface area (Å²) in [6, 6.07) is 14.5. The molecule has 0 aromatic heterocycles. The van der Waals surface area contributed by atoms with Crippen molar-refractivity contribution in [2.45, 2.75) is 25.8 Å². The van der Waals surface area contributed by atoms with E-state index in [4.69, 9.17) is 5.26 Å². The Hall–Kier alpha value is -3.39. The number of nitriles is 1. The molecule has 1 aliphatic rings. The lowest BCUT2D eigenvalue weighted by Crippen LogP contribution is -2.34. The highest BCUT2D eigenvalue weighted by Gasteiger charge is 2.22. The van der Waals surface area contributed by atoms with E-state index in [0.717, 1.165) is 29.7 Å². The number of carbonyl (C=O) groups is 2. The van der Waals surface area contributed by atoms with Crippen LogP contribution in [0.1, 0.15) is 46.4 Å². The summed E-state index contributed by atoms with van der Waals surface area (Å²) >= 11 is 0. The molecule has 136 valence electrons. The van der Waals surface area contributed by atoms with Gasteiger partial charge in [-0.15, -0.1) is 0 Å². The molecule has 5 nitrogen and oxygen atoms in total. The van der Waals surface area contributed by atoms with E-state index in [1.165, 1.54) is 6.08 Å². The van der Waals surface area contributed by atoms with Crippen LogP contribution in [0.5, 0.6) is 0 Å². The molecule has 1 aliphatic heterocycles. The minimum atomic E-state index is -0.222. The zero-order chi connectivity index (χ0) is 19.4. The van der Waals surface area contributed by atoms with Crippen molar-refractivity contribution in [1.82, 2.24) is 5.32 Å². The van der Waals surface area contributed by atoms with Gasteiger partial charge in [-0.25, -0.2) is 0 Å². The zero-order valence-electron chi connectivity index (χ0n) is 15.2. The van der Waals surface area contributed by atoms with Gasteiger partial charge in [-0.05, 0) is 67.3 Å². The Balaban J connectivity index is 1.78. The minimum absolute atomic E-state index is 0.126. The average molecular weight is 359 g/mol. The van der Waals surface area contributed by atoms with E-state index < -0.39 is 0 Å². The summed E-state index contributed by atoms with van der Waals surface area (Å²) in [5.74, 6) is -0.307. The highest BCUT2D eigenvalue weighted by Crippen LogP contribution is 2.28. The van der Waals surface area contributed by atoms with Gasteiger partial charge < -0.3 is 10.2 Å². The van der Waals surface area contributed by atoms with Gasteiger partial charge in [-0.2, -0.15) is 5.26 Å². The maximum absolute atomic E-state index is 12.7. The molecule has 0 saturated heterocycles. The Morgan fingerprint density at radius 2 is 2.11 bits per heavy atom.